The zero-order valence-electron chi connectivity index (χ0n) is 11.3. The third-order valence-electron chi connectivity index (χ3n) is 2.95. The molecule has 0 amide bonds. The van der Waals surface area contributed by atoms with Crippen molar-refractivity contribution in [2.75, 3.05) is 7.11 Å². The number of hydrogen-bond acceptors (Lipinski definition) is 3. The fourth-order valence-corrected chi connectivity index (χ4v) is 3.03. The lowest BCUT2D eigenvalue weighted by Crippen LogP contribution is -2.12. The average molecular weight is 290 g/mol. The molecule has 0 heterocycles. The third-order valence-corrected chi connectivity index (χ3v) is 4.18. The summed E-state index contributed by atoms with van der Waals surface area (Å²) in [5.41, 5.74) is 1.94. The van der Waals surface area contributed by atoms with Gasteiger partial charge in [-0.3, -0.25) is 4.79 Å². The van der Waals surface area contributed by atoms with Gasteiger partial charge in [-0.15, -0.1) is 11.8 Å². The monoisotopic (exact) mass is 290 g/mol. The second kappa shape index (κ2) is 6.57. The molecule has 0 bridgehead atoms. The molecule has 0 saturated heterocycles. The van der Waals surface area contributed by atoms with Crippen molar-refractivity contribution in [3.63, 3.8) is 0 Å². The van der Waals surface area contributed by atoms with Crippen LogP contribution in [0.15, 0.2) is 53.4 Å². The van der Waals surface area contributed by atoms with Crippen LogP contribution in [0.25, 0.3) is 0 Å². The maximum atomic E-state index is 12.9. The quantitative estimate of drug-likeness (QED) is 0.625. The van der Waals surface area contributed by atoms with Crippen LogP contribution in [0.1, 0.15) is 16.4 Å². The summed E-state index contributed by atoms with van der Waals surface area (Å²) < 4.78 is 17.8. The average Bonchev–Trinajstić information content (AvgIpc) is 2.47. The number of aryl methyl sites for hydroxylation is 1. The highest BCUT2D eigenvalue weighted by atomic mass is 32.2. The number of esters is 1. The van der Waals surface area contributed by atoms with Gasteiger partial charge in [0.25, 0.3) is 0 Å². The van der Waals surface area contributed by atoms with Crippen molar-refractivity contribution in [3.05, 3.63) is 65.5 Å². The second-order valence-corrected chi connectivity index (χ2v) is 5.51. The number of halogens is 1. The van der Waals surface area contributed by atoms with Crippen molar-refractivity contribution in [2.45, 2.75) is 17.1 Å². The lowest BCUT2D eigenvalue weighted by molar-refractivity contribution is -0.140. The van der Waals surface area contributed by atoms with Crippen LogP contribution in [0.4, 0.5) is 4.39 Å². The number of carbonyl (C=O) groups is 1. The minimum absolute atomic E-state index is 0.292. The van der Waals surface area contributed by atoms with Gasteiger partial charge in [0.1, 0.15) is 11.1 Å². The normalized spacial score (nSPS) is 11.9. The summed E-state index contributed by atoms with van der Waals surface area (Å²) in [7, 11) is 1.37. The summed E-state index contributed by atoms with van der Waals surface area (Å²) in [6, 6.07) is 13.8. The SMILES string of the molecule is COC(=O)[C@@H](Sc1ccc(F)cc1)c1ccccc1C. The minimum atomic E-state index is -0.452. The van der Waals surface area contributed by atoms with E-state index in [-0.39, 0.29) is 11.8 Å². The van der Waals surface area contributed by atoms with Gasteiger partial charge in [0.15, 0.2) is 0 Å². The number of thioether (sulfide) groups is 1. The zero-order valence-corrected chi connectivity index (χ0v) is 12.1. The first-order valence-electron chi connectivity index (χ1n) is 6.17. The number of rotatable bonds is 4. The smallest absolute Gasteiger partial charge is 0.323 e. The molecule has 2 nitrogen and oxygen atoms in total. The van der Waals surface area contributed by atoms with Crippen molar-refractivity contribution < 1.29 is 13.9 Å². The molecule has 0 fully saturated rings. The Morgan fingerprint density at radius 3 is 2.40 bits per heavy atom. The largest absolute Gasteiger partial charge is 0.468 e. The number of benzene rings is 2. The van der Waals surface area contributed by atoms with E-state index < -0.39 is 5.25 Å². The second-order valence-electron chi connectivity index (χ2n) is 4.33. The van der Waals surface area contributed by atoms with Crippen LogP contribution in [0.5, 0.6) is 0 Å². The van der Waals surface area contributed by atoms with Crippen LogP contribution < -0.4 is 0 Å². The summed E-state index contributed by atoms with van der Waals surface area (Å²) >= 11 is 1.36. The first kappa shape index (κ1) is 14.6. The van der Waals surface area contributed by atoms with E-state index in [1.165, 1.54) is 31.0 Å². The maximum Gasteiger partial charge on any atom is 0.323 e. The number of hydrogen-bond donors (Lipinski definition) is 0. The fourth-order valence-electron chi connectivity index (χ4n) is 1.88. The molecule has 0 saturated carbocycles. The van der Waals surface area contributed by atoms with E-state index in [1.54, 1.807) is 12.1 Å². The molecule has 0 aromatic heterocycles. The Hall–Kier alpha value is -1.81. The van der Waals surface area contributed by atoms with Crippen molar-refractivity contribution in [2.24, 2.45) is 0 Å². The molecule has 0 radical (unpaired) electrons. The van der Waals surface area contributed by atoms with Gasteiger partial charge in [-0.1, -0.05) is 24.3 Å². The molecule has 0 aliphatic heterocycles. The molecule has 0 spiro atoms. The topological polar surface area (TPSA) is 26.3 Å². The van der Waals surface area contributed by atoms with Crippen LogP contribution >= 0.6 is 11.8 Å². The summed E-state index contributed by atoms with van der Waals surface area (Å²) in [6.07, 6.45) is 0. The van der Waals surface area contributed by atoms with Gasteiger partial charge in [-0.2, -0.15) is 0 Å². The number of carbonyl (C=O) groups excluding carboxylic acids is 1. The van der Waals surface area contributed by atoms with E-state index in [1.807, 2.05) is 31.2 Å². The molecule has 2 aromatic carbocycles. The van der Waals surface area contributed by atoms with Crippen LogP contribution in [-0.4, -0.2) is 13.1 Å². The Kier molecular flexibility index (Phi) is 4.79. The predicted octanol–water partition coefficient (Wildman–Crippen LogP) is 4.14. The Labute approximate surface area is 122 Å². The zero-order chi connectivity index (χ0) is 14.5. The van der Waals surface area contributed by atoms with Crippen molar-refractivity contribution in [1.82, 2.24) is 0 Å². The van der Waals surface area contributed by atoms with E-state index in [9.17, 15) is 9.18 Å². The van der Waals surface area contributed by atoms with Crippen molar-refractivity contribution >= 4 is 17.7 Å². The maximum absolute atomic E-state index is 12.9. The number of methoxy groups -OCH3 is 1. The predicted molar refractivity (Wildman–Crippen MR) is 78.2 cm³/mol. The molecule has 1 atom stereocenters. The molecule has 4 heteroatoms. The molecule has 2 aromatic rings. The molecule has 2 rings (SSSR count). The van der Waals surface area contributed by atoms with Crippen molar-refractivity contribution in [3.8, 4) is 0 Å². The van der Waals surface area contributed by atoms with Crippen LogP contribution in [-0.2, 0) is 9.53 Å². The van der Waals surface area contributed by atoms with E-state index in [2.05, 4.69) is 0 Å². The molecule has 104 valence electrons. The van der Waals surface area contributed by atoms with Gasteiger partial charge >= 0.3 is 5.97 Å². The Bertz CT molecular complexity index is 596. The van der Waals surface area contributed by atoms with E-state index in [4.69, 9.17) is 4.74 Å². The lowest BCUT2D eigenvalue weighted by Gasteiger charge is -2.16. The van der Waals surface area contributed by atoms with Gasteiger partial charge in [0, 0.05) is 4.90 Å². The Morgan fingerprint density at radius 2 is 1.80 bits per heavy atom. The van der Waals surface area contributed by atoms with Gasteiger partial charge in [0.2, 0.25) is 0 Å². The summed E-state index contributed by atoms with van der Waals surface area (Å²) in [5.74, 6) is -0.603. The van der Waals surface area contributed by atoms with E-state index in [0.717, 1.165) is 16.0 Å². The van der Waals surface area contributed by atoms with Crippen LogP contribution in [0.2, 0.25) is 0 Å². The Morgan fingerprint density at radius 1 is 1.15 bits per heavy atom. The molecule has 0 aliphatic rings. The molecular weight excluding hydrogens is 275 g/mol. The summed E-state index contributed by atoms with van der Waals surface area (Å²) in [6.45, 7) is 1.95. The third kappa shape index (κ3) is 3.39. The van der Waals surface area contributed by atoms with E-state index >= 15 is 0 Å². The first-order chi connectivity index (χ1) is 9.61. The highest BCUT2D eigenvalue weighted by molar-refractivity contribution is 8.00. The highest BCUT2D eigenvalue weighted by Gasteiger charge is 2.24. The van der Waals surface area contributed by atoms with Gasteiger partial charge in [-0.25, -0.2) is 4.39 Å². The Balaban J connectivity index is 2.31. The van der Waals surface area contributed by atoms with E-state index in [0.29, 0.717) is 0 Å². The summed E-state index contributed by atoms with van der Waals surface area (Å²) in [4.78, 5) is 12.8. The van der Waals surface area contributed by atoms with Gasteiger partial charge in [-0.05, 0) is 42.3 Å². The molecule has 0 aliphatic carbocycles. The fraction of sp³-hybridized carbons (Fsp3) is 0.188. The first-order valence-corrected chi connectivity index (χ1v) is 7.05. The van der Waals surface area contributed by atoms with Crippen molar-refractivity contribution in [1.29, 1.82) is 0 Å². The molecule has 0 unspecified atom stereocenters. The number of ether oxygens (including phenoxy) is 1. The molecule has 0 N–H and O–H groups in total. The lowest BCUT2D eigenvalue weighted by atomic mass is 10.1. The highest BCUT2D eigenvalue weighted by Crippen LogP contribution is 2.37. The van der Waals surface area contributed by atoms with Crippen LogP contribution in [0.3, 0.4) is 0 Å². The standard InChI is InChI=1S/C16H15FO2S/c1-11-5-3-4-6-14(11)15(16(18)19-2)20-13-9-7-12(17)8-10-13/h3-10,15H,1-2H3/t15-/m0/s1. The molecular formula is C16H15FO2S. The van der Waals surface area contributed by atoms with Crippen LogP contribution in [0, 0.1) is 12.7 Å². The summed E-state index contributed by atoms with van der Waals surface area (Å²) in [5, 5.41) is -0.452. The van der Waals surface area contributed by atoms with Gasteiger partial charge < -0.3 is 4.74 Å². The molecule has 20 heavy (non-hydrogen) atoms. The van der Waals surface area contributed by atoms with Gasteiger partial charge in [0.05, 0.1) is 7.11 Å². The minimum Gasteiger partial charge on any atom is -0.468 e.